The van der Waals surface area contributed by atoms with Crippen LogP contribution in [0.25, 0.3) is 11.0 Å². The predicted molar refractivity (Wildman–Crippen MR) is 76.8 cm³/mol. The second-order valence-corrected chi connectivity index (χ2v) is 5.03. The minimum atomic E-state index is -4.48. The van der Waals surface area contributed by atoms with Gasteiger partial charge >= 0.3 is 6.18 Å². The number of nitrogens with one attached hydrogen (secondary N) is 1. The molecule has 1 amide bonds. The quantitative estimate of drug-likeness (QED) is 0.776. The number of carbonyl (C=O) groups is 1. The standard InChI is InChI=1S/C14H8F3N3OS/c15-14(16,17)9-3-1-2-8(6-9)13(21)18-10-4-5-11-12(7-10)20-22-19-11/h1-7H,(H,18,21). The van der Waals surface area contributed by atoms with E-state index in [2.05, 4.69) is 14.1 Å². The van der Waals surface area contributed by atoms with Crippen LogP contribution in [0.2, 0.25) is 0 Å². The molecule has 2 aromatic carbocycles. The van der Waals surface area contributed by atoms with E-state index >= 15 is 0 Å². The van der Waals surface area contributed by atoms with Crippen molar-refractivity contribution in [2.24, 2.45) is 0 Å². The van der Waals surface area contributed by atoms with Gasteiger partial charge in [-0.2, -0.15) is 21.9 Å². The van der Waals surface area contributed by atoms with Crippen LogP contribution >= 0.6 is 11.7 Å². The SMILES string of the molecule is O=C(Nc1ccc2nsnc2c1)c1cccc(C(F)(F)F)c1. The molecule has 0 saturated heterocycles. The number of carbonyl (C=O) groups excluding carboxylic acids is 1. The van der Waals surface area contributed by atoms with Crippen molar-refractivity contribution >= 4 is 34.4 Å². The van der Waals surface area contributed by atoms with E-state index < -0.39 is 17.6 Å². The fourth-order valence-electron chi connectivity index (χ4n) is 1.90. The maximum atomic E-state index is 12.7. The lowest BCUT2D eigenvalue weighted by Crippen LogP contribution is -2.13. The number of fused-ring (bicyclic) bond motifs is 1. The minimum Gasteiger partial charge on any atom is -0.322 e. The number of aromatic nitrogens is 2. The van der Waals surface area contributed by atoms with Crippen LogP contribution in [-0.4, -0.2) is 14.7 Å². The zero-order valence-corrected chi connectivity index (χ0v) is 11.7. The molecule has 0 unspecified atom stereocenters. The Morgan fingerprint density at radius 3 is 2.59 bits per heavy atom. The molecular weight excluding hydrogens is 315 g/mol. The van der Waals surface area contributed by atoms with E-state index in [1.807, 2.05) is 0 Å². The maximum Gasteiger partial charge on any atom is 0.416 e. The highest BCUT2D eigenvalue weighted by Crippen LogP contribution is 2.29. The third-order valence-electron chi connectivity index (χ3n) is 2.96. The normalized spacial score (nSPS) is 11.6. The van der Waals surface area contributed by atoms with E-state index in [0.717, 1.165) is 23.9 Å². The molecule has 0 atom stereocenters. The largest absolute Gasteiger partial charge is 0.416 e. The molecule has 0 saturated carbocycles. The highest BCUT2D eigenvalue weighted by molar-refractivity contribution is 7.00. The van der Waals surface area contributed by atoms with Crippen molar-refractivity contribution in [3.63, 3.8) is 0 Å². The first kappa shape index (κ1) is 14.5. The number of anilines is 1. The van der Waals surface area contributed by atoms with Crippen LogP contribution in [0.4, 0.5) is 18.9 Å². The van der Waals surface area contributed by atoms with Crippen LogP contribution in [0.3, 0.4) is 0 Å². The van der Waals surface area contributed by atoms with Crippen molar-refractivity contribution in [2.75, 3.05) is 5.32 Å². The second kappa shape index (κ2) is 5.38. The molecule has 1 aromatic heterocycles. The highest BCUT2D eigenvalue weighted by Gasteiger charge is 2.30. The summed E-state index contributed by atoms with van der Waals surface area (Å²) in [6.07, 6.45) is -4.48. The van der Waals surface area contributed by atoms with Gasteiger partial charge in [0.2, 0.25) is 0 Å². The van der Waals surface area contributed by atoms with Gasteiger partial charge in [0, 0.05) is 11.3 Å². The van der Waals surface area contributed by atoms with Gasteiger partial charge in [-0.15, -0.1) is 0 Å². The number of hydrogen-bond donors (Lipinski definition) is 1. The molecule has 3 rings (SSSR count). The molecule has 1 heterocycles. The molecule has 8 heteroatoms. The molecule has 0 fully saturated rings. The van der Waals surface area contributed by atoms with E-state index in [4.69, 9.17) is 0 Å². The van der Waals surface area contributed by atoms with Crippen molar-refractivity contribution in [2.45, 2.75) is 6.18 Å². The highest BCUT2D eigenvalue weighted by atomic mass is 32.1. The van der Waals surface area contributed by atoms with Crippen LogP contribution in [0.1, 0.15) is 15.9 Å². The fourth-order valence-corrected chi connectivity index (χ4v) is 2.42. The zero-order valence-electron chi connectivity index (χ0n) is 10.9. The summed E-state index contributed by atoms with van der Waals surface area (Å²) in [7, 11) is 0. The lowest BCUT2D eigenvalue weighted by molar-refractivity contribution is -0.137. The summed E-state index contributed by atoms with van der Waals surface area (Å²) in [5.74, 6) is -0.617. The van der Waals surface area contributed by atoms with Gasteiger partial charge in [-0.1, -0.05) is 6.07 Å². The van der Waals surface area contributed by atoms with Crippen molar-refractivity contribution in [3.05, 3.63) is 53.6 Å². The Labute approximate surface area is 126 Å². The Kier molecular flexibility index (Phi) is 3.53. The summed E-state index contributed by atoms with van der Waals surface area (Å²) in [4.78, 5) is 12.1. The number of alkyl halides is 3. The molecule has 0 aliphatic rings. The van der Waals surface area contributed by atoms with Gasteiger partial charge in [0.15, 0.2) is 0 Å². The summed E-state index contributed by atoms with van der Waals surface area (Å²) in [6.45, 7) is 0. The van der Waals surface area contributed by atoms with Crippen molar-refractivity contribution in [1.29, 1.82) is 0 Å². The molecule has 0 aliphatic heterocycles. The summed E-state index contributed by atoms with van der Waals surface area (Å²) in [5.41, 5.74) is 0.835. The van der Waals surface area contributed by atoms with Gasteiger partial charge in [0.1, 0.15) is 11.0 Å². The first-order chi connectivity index (χ1) is 10.4. The molecule has 22 heavy (non-hydrogen) atoms. The Bertz CT molecular complexity index is 844. The summed E-state index contributed by atoms with van der Waals surface area (Å²) in [5, 5.41) is 2.55. The molecule has 4 nitrogen and oxygen atoms in total. The number of rotatable bonds is 2. The molecule has 112 valence electrons. The average Bonchev–Trinajstić information content (AvgIpc) is 2.94. The molecule has 0 radical (unpaired) electrons. The topological polar surface area (TPSA) is 54.9 Å². The molecule has 0 spiro atoms. The van der Waals surface area contributed by atoms with E-state index in [0.29, 0.717) is 16.7 Å². The molecule has 1 N–H and O–H groups in total. The van der Waals surface area contributed by atoms with Crippen LogP contribution in [0.15, 0.2) is 42.5 Å². The Morgan fingerprint density at radius 2 is 1.82 bits per heavy atom. The summed E-state index contributed by atoms with van der Waals surface area (Å²) >= 11 is 1.04. The smallest absolute Gasteiger partial charge is 0.322 e. The fraction of sp³-hybridized carbons (Fsp3) is 0.0714. The third kappa shape index (κ3) is 2.91. The summed E-state index contributed by atoms with van der Waals surface area (Å²) < 4.78 is 46.0. The van der Waals surface area contributed by atoms with Gasteiger partial charge in [-0.3, -0.25) is 4.79 Å². The van der Waals surface area contributed by atoms with E-state index in [-0.39, 0.29) is 5.56 Å². The van der Waals surface area contributed by atoms with Gasteiger partial charge in [-0.05, 0) is 36.4 Å². The third-order valence-corrected chi connectivity index (χ3v) is 3.52. The molecule has 0 aliphatic carbocycles. The molecule has 3 aromatic rings. The number of hydrogen-bond acceptors (Lipinski definition) is 4. The van der Waals surface area contributed by atoms with Crippen LogP contribution < -0.4 is 5.32 Å². The Balaban J connectivity index is 1.85. The van der Waals surface area contributed by atoms with Crippen LogP contribution in [0, 0.1) is 0 Å². The lowest BCUT2D eigenvalue weighted by Gasteiger charge is -2.09. The average molecular weight is 323 g/mol. The molecular formula is C14H8F3N3OS. The van der Waals surface area contributed by atoms with Gasteiger partial charge in [0.25, 0.3) is 5.91 Å². The number of nitrogens with zero attached hydrogens (tertiary/aromatic N) is 2. The predicted octanol–water partition coefficient (Wildman–Crippen LogP) is 3.96. The van der Waals surface area contributed by atoms with E-state index in [9.17, 15) is 18.0 Å². The zero-order chi connectivity index (χ0) is 15.7. The summed E-state index contributed by atoms with van der Waals surface area (Å²) in [6, 6.07) is 9.18. The Morgan fingerprint density at radius 1 is 1.05 bits per heavy atom. The van der Waals surface area contributed by atoms with Crippen LogP contribution in [-0.2, 0) is 6.18 Å². The maximum absolute atomic E-state index is 12.7. The number of amides is 1. The van der Waals surface area contributed by atoms with Crippen molar-refractivity contribution in [3.8, 4) is 0 Å². The lowest BCUT2D eigenvalue weighted by atomic mass is 10.1. The van der Waals surface area contributed by atoms with Crippen LogP contribution in [0.5, 0.6) is 0 Å². The van der Waals surface area contributed by atoms with Gasteiger partial charge < -0.3 is 5.32 Å². The number of benzene rings is 2. The monoisotopic (exact) mass is 323 g/mol. The molecule has 0 bridgehead atoms. The first-order valence-corrected chi connectivity index (χ1v) is 6.87. The van der Waals surface area contributed by atoms with Gasteiger partial charge in [-0.25, -0.2) is 0 Å². The van der Waals surface area contributed by atoms with Crippen molar-refractivity contribution in [1.82, 2.24) is 8.75 Å². The first-order valence-electron chi connectivity index (χ1n) is 6.14. The number of halogens is 3. The minimum absolute atomic E-state index is 0.0636. The van der Waals surface area contributed by atoms with Crippen molar-refractivity contribution < 1.29 is 18.0 Å². The second-order valence-electron chi connectivity index (χ2n) is 4.50. The van der Waals surface area contributed by atoms with E-state index in [1.54, 1.807) is 18.2 Å². The van der Waals surface area contributed by atoms with E-state index in [1.165, 1.54) is 12.1 Å². The van der Waals surface area contributed by atoms with Gasteiger partial charge in [0.05, 0.1) is 17.3 Å². The Hall–Kier alpha value is -2.48.